The van der Waals surface area contributed by atoms with Gasteiger partial charge in [-0.2, -0.15) is 0 Å². The van der Waals surface area contributed by atoms with Gasteiger partial charge in [0.2, 0.25) is 0 Å². The van der Waals surface area contributed by atoms with Gasteiger partial charge >= 0.3 is 182 Å². The van der Waals surface area contributed by atoms with E-state index in [0.717, 1.165) is 65.2 Å². The molecule has 0 aromatic rings. The molecule has 0 unspecified atom stereocenters. The fourth-order valence-corrected chi connectivity index (χ4v) is 40.7. The summed E-state index contributed by atoms with van der Waals surface area (Å²) >= 11 is -6.80. The molecule has 0 rings (SSSR count). The van der Waals surface area contributed by atoms with Gasteiger partial charge in [0.25, 0.3) is 0 Å². The van der Waals surface area contributed by atoms with Gasteiger partial charge in [0, 0.05) is 0 Å². The Hall–Kier alpha value is 1.44. The second kappa shape index (κ2) is 18.2. The van der Waals surface area contributed by atoms with Crippen molar-refractivity contribution in [2.24, 2.45) is 0 Å². The van der Waals surface area contributed by atoms with Crippen molar-refractivity contribution in [1.29, 1.82) is 0 Å². The molecule has 27 heavy (non-hydrogen) atoms. The molecule has 0 bridgehead atoms. The Balaban J connectivity index is 5.66. The summed E-state index contributed by atoms with van der Waals surface area (Å²) in [5.74, 6) is 0. The van der Waals surface area contributed by atoms with Crippen molar-refractivity contribution in [3.8, 4) is 0 Å². The molecule has 0 aromatic carbocycles. The Labute approximate surface area is 180 Å². The average molecular weight is 602 g/mol. The summed E-state index contributed by atoms with van der Waals surface area (Å²) in [4.78, 5) is 0. The maximum atomic E-state index is 7.19. The van der Waals surface area contributed by atoms with Crippen molar-refractivity contribution in [2.75, 3.05) is 19.8 Å². The van der Waals surface area contributed by atoms with E-state index in [1.54, 1.807) is 0 Å². The molecule has 0 atom stereocenters. The first-order valence-electron chi connectivity index (χ1n) is 11.7. The Morgan fingerprint density at radius 3 is 1.30 bits per heavy atom. The Morgan fingerprint density at radius 1 is 0.481 bits per heavy atom. The zero-order valence-corrected chi connectivity index (χ0v) is 24.9. The van der Waals surface area contributed by atoms with Crippen molar-refractivity contribution in [2.45, 2.75) is 113 Å². The van der Waals surface area contributed by atoms with Crippen LogP contribution in [0.15, 0.2) is 0 Å². The van der Waals surface area contributed by atoms with Crippen LogP contribution in [-0.4, -0.2) is 58.6 Å². The Kier molecular flexibility index (Phi) is 19.2. The summed E-state index contributed by atoms with van der Waals surface area (Å²) < 4.78 is 30.2. The summed E-state index contributed by atoms with van der Waals surface area (Å²) in [5.41, 5.74) is 0. The molecule has 0 heterocycles. The van der Waals surface area contributed by atoms with E-state index in [9.17, 15) is 0 Å². The molecule has 4 nitrogen and oxygen atoms in total. The molecule has 0 saturated heterocycles. The molecule has 0 aliphatic rings. The molecule has 0 amide bonds. The van der Waals surface area contributed by atoms with Crippen LogP contribution in [0.25, 0.3) is 0 Å². The number of hydrogen-bond donors (Lipinski definition) is 0. The second-order valence-corrected chi connectivity index (χ2v) is 27.9. The zero-order valence-electron chi connectivity index (χ0n) is 19.2. The molecule has 0 N–H and O–H groups in total. The SMILES string of the molecule is CCC[CH2][Sn]([CH2]CCC)([O]CCC)[O][Sn]([CH2]CCC)([O]CCC)[O]CCC. The van der Waals surface area contributed by atoms with Crippen LogP contribution in [0.4, 0.5) is 0 Å². The summed E-state index contributed by atoms with van der Waals surface area (Å²) in [5, 5.41) is 0. The molecule has 0 spiro atoms. The van der Waals surface area contributed by atoms with Crippen molar-refractivity contribution in [1.82, 2.24) is 0 Å². The normalized spacial score (nSPS) is 12.7. The van der Waals surface area contributed by atoms with E-state index in [0.29, 0.717) is 0 Å². The van der Waals surface area contributed by atoms with Gasteiger partial charge in [-0.1, -0.05) is 0 Å². The maximum absolute atomic E-state index is 7.19. The van der Waals surface area contributed by atoms with Gasteiger partial charge in [-0.15, -0.1) is 0 Å². The molecule has 0 fully saturated rings. The molecule has 6 heteroatoms. The molecule has 0 aliphatic heterocycles. The first kappa shape index (κ1) is 28.4. The van der Waals surface area contributed by atoms with Gasteiger partial charge < -0.3 is 0 Å². The van der Waals surface area contributed by atoms with Crippen molar-refractivity contribution in [3.63, 3.8) is 0 Å². The van der Waals surface area contributed by atoms with Gasteiger partial charge in [-0.05, 0) is 0 Å². The van der Waals surface area contributed by atoms with E-state index < -0.39 is 38.8 Å². The first-order chi connectivity index (χ1) is 13.1. The first-order valence-corrected chi connectivity index (χ1v) is 23.6. The fraction of sp³-hybridized carbons (Fsp3) is 1.00. The van der Waals surface area contributed by atoms with Crippen LogP contribution in [-0.2, 0) is 10.6 Å². The van der Waals surface area contributed by atoms with E-state index in [-0.39, 0.29) is 0 Å². The van der Waals surface area contributed by atoms with E-state index in [1.807, 2.05) is 0 Å². The monoisotopic (exact) mass is 604 g/mol. The van der Waals surface area contributed by atoms with E-state index in [2.05, 4.69) is 41.5 Å². The third kappa shape index (κ3) is 12.7. The predicted octanol–water partition coefficient (Wildman–Crippen LogP) is 7.06. The van der Waals surface area contributed by atoms with Gasteiger partial charge in [0.1, 0.15) is 0 Å². The zero-order chi connectivity index (χ0) is 20.4. The Morgan fingerprint density at radius 2 is 0.889 bits per heavy atom. The number of rotatable bonds is 20. The summed E-state index contributed by atoms with van der Waals surface area (Å²) in [6.45, 7) is 15.7. The number of unbranched alkanes of at least 4 members (excludes halogenated alkanes) is 3. The van der Waals surface area contributed by atoms with Crippen LogP contribution < -0.4 is 0 Å². The van der Waals surface area contributed by atoms with Crippen LogP contribution in [0.2, 0.25) is 13.3 Å². The van der Waals surface area contributed by atoms with Gasteiger partial charge in [-0.25, -0.2) is 0 Å². The molecule has 0 aliphatic carbocycles. The quantitative estimate of drug-likeness (QED) is 0.140. The third-order valence-corrected chi connectivity index (χ3v) is 34.5. The van der Waals surface area contributed by atoms with Crippen LogP contribution >= 0.6 is 0 Å². The van der Waals surface area contributed by atoms with Crippen LogP contribution in [0.3, 0.4) is 0 Å². The van der Waals surface area contributed by atoms with Crippen LogP contribution in [0, 0.1) is 0 Å². The second-order valence-electron chi connectivity index (χ2n) is 7.55. The molecule has 0 aromatic heterocycles. The summed E-state index contributed by atoms with van der Waals surface area (Å²) in [6, 6.07) is 0. The van der Waals surface area contributed by atoms with E-state index in [4.69, 9.17) is 10.6 Å². The molecule has 0 radical (unpaired) electrons. The topological polar surface area (TPSA) is 36.9 Å². The third-order valence-electron chi connectivity index (χ3n) is 4.62. The molecule has 164 valence electrons. The van der Waals surface area contributed by atoms with Crippen molar-refractivity contribution < 1.29 is 10.6 Å². The van der Waals surface area contributed by atoms with E-state index >= 15 is 0 Å². The van der Waals surface area contributed by atoms with Gasteiger partial charge in [0.15, 0.2) is 0 Å². The molecular weight excluding hydrogens is 554 g/mol. The van der Waals surface area contributed by atoms with Crippen LogP contribution in [0.1, 0.15) is 99.3 Å². The van der Waals surface area contributed by atoms with Crippen LogP contribution in [0.5, 0.6) is 0 Å². The summed E-state index contributed by atoms with van der Waals surface area (Å²) in [6.07, 6.45) is 10.2. The summed E-state index contributed by atoms with van der Waals surface area (Å²) in [7, 11) is 0. The number of hydrogen-bond acceptors (Lipinski definition) is 4. The minimum atomic E-state index is -3.59. The van der Waals surface area contributed by atoms with Crippen molar-refractivity contribution in [3.05, 3.63) is 0 Å². The molecular formula is C21H48O4Sn2. The van der Waals surface area contributed by atoms with E-state index in [1.165, 1.54) is 25.7 Å². The molecule has 0 saturated carbocycles. The predicted molar refractivity (Wildman–Crippen MR) is 120 cm³/mol. The van der Waals surface area contributed by atoms with Gasteiger partial charge in [0.05, 0.1) is 0 Å². The standard InChI is InChI=1S/3C4H9.3C3H7O.O.2Sn/c3*1-3-4-2;3*1-2-3-4;;;/h3*1,3-4H2,2H3;3*2-3H2,1H3;;;/q;;;3*-1;;+1;+2. The van der Waals surface area contributed by atoms with Crippen molar-refractivity contribution >= 4 is 38.8 Å². The Bertz CT molecular complexity index is 256. The minimum absolute atomic E-state index is 0.765. The fourth-order valence-electron chi connectivity index (χ4n) is 3.07. The van der Waals surface area contributed by atoms with Gasteiger partial charge in [-0.3, -0.25) is 0 Å². The average Bonchev–Trinajstić information content (AvgIpc) is 2.70.